The second-order valence-corrected chi connectivity index (χ2v) is 5.21. The van der Waals surface area contributed by atoms with Gasteiger partial charge in [0.15, 0.2) is 0 Å². The minimum atomic E-state index is 0.101. The number of ether oxygens (including phenoxy) is 1. The number of methoxy groups -OCH3 is 1. The van der Waals surface area contributed by atoms with Gasteiger partial charge in [0.05, 0.1) is 7.11 Å². The number of alkyl halides is 1. The molecular formula is C13H19BrO. The molecule has 0 atom stereocenters. The Bertz CT molecular complexity index is 356. The van der Waals surface area contributed by atoms with Gasteiger partial charge in [0.1, 0.15) is 5.75 Å². The van der Waals surface area contributed by atoms with Crippen LogP contribution in [0.4, 0.5) is 0 Å². The lowest BCUT2D eigenvalue weighted by atomic mass is 9.84. The monoisotopic (exact) mass is 270 g/mol. The maximum absolute atomic E-state index is 5.45. The van der Waals surface area contributed by atoms with Crippen molar-refractivity contribution >= 4 is 15.9 Å². The third kappa shape index (κ3) is 2.54. The van der Waals surface area contributed by atoms with Gasteiger partial charge in [-0.15, -0.1) is 0 Å². The molecule has 0 amide bonds. The molecule has 0 radical (unpaired) electrons. The van der Waals surface area contributed by atoms with Crippen LogP contribution >= 0.6 is 15.9 Å². The Morgan fingerprint density at radius 1 is 1.20 bits per heavy atom. The highest BCUT2D eigenvalue weighted by atomic mass is 79.9. The predicted molar refractivity (Wildman–Crippen MR) is 69.3 cm³/mol. The third-order valence-electron chi connectivity index (χ3n) is 2.88. The van der Waals surface area contributed by atoms with Crippen LogP contribution in [0.5, 0.6) is 5.75 Å². The Hall–Kier alpha value is -0.500. The maximum atomic E-state index is 5.45. The van der Waals surface area contributed by atoms with Crippen LogP contribution in [0.3, 0.4) is 0 Å². The fourth-order valence-electron chi connectivity index (χ4n) is 1.56. The van der Waals surface area contributed by atoms with E-state index in [2.05, 4.69) is 55.8 Å². The molecule has 0 unspecified atom stereocenters. The fraction of sp³-hybridized carbons (Fsp3) is 0.538. The second kappa shape index (κ2) is 4.56. The van der Waals surface area contributed by atoms with E-state index in [1.165, 1.54) is 16.7 Å². The zero-order valence-electron chi connectivity index (χ0n) is 10.1. The second-order valence-electron chi connectivity index (χ2n) is 4.65. The lowest BCUT2D eigenvalue weighted by Crippen LogP contribution is -2.20. The lowest BCUT2D eigenvalue weighted by Gasteiger charge is -2.25. The summed E-state index contributed by atoms with van der Waals surface area (Å²) in [7, 11) is 1.73. The van der Waals surface area contributed by atoms with Crippen molar-refractivity contribution in [2.45, 2.75) is 33.1 Å². The molecule has 0 aliphatic heterocycles. The molecule has 0 saturated carbocycles. The molecule has 1 nitrogen and oxygen atoms in total. The van der Waals surface area contributed by atoms with Crippen LogP contribution in [-0.4, -0.2) is 12.4 Å². The van der Waals surface area contributed by atoms with Crippen molar-refractivity contribution in [3.8, 4) is 5.75 Å². The van der Waals surface area contributed by atoms with E-state index < -0.39 is 0 Å². The lowest BCUT2D eigenvalue weighted by molar-refractivity contribution is 0.398. The molecule has 1 rings (SSSR count). The average molecular weight is 271 g/mol. The van der Waals surface area contributed by atoms with Crippen LogP contribution in [0.25, 0.3) is 0 Å². The molecule has 0 fully saturated rings. The number of hydrogen-bond acceptors (Lipinski definition) is 1. The highest BCUT2D eigenvalue weighted by Gasteiger charge is 2.23. The standard InChI is InChI=1S/C13H19BrO/c1-9-6-11(13(3,4)8-14)12(15-5)7-10(9)2/h6-7H,8H2,1-5H3. The van der Waals surface area contributed by atoms with Crippen molar-refractivity contribution in [1.82, 2.24) is 0 Å². The first kappa shape index (κ1) is 12.6. The number of rotatable bonds is 3. The van der Waals surface area contributed by atoms with E-state index in [1.807, 2.05) is 0 Å². The molecule has 0 aromatic heterocycles. The van der Waals surface area contributed by atoms with Gasteiger partial charge in [-0.25, -0.2) is 0 Å². The third-order valence-corrected chi connectivity index (χ3v) is 4.28. The summed E-state index contributed by atoms with van der Waals surface area (Å²) >= 11 is 3.56. The molecule has 0 saturated heterocycles. The van der Waals surface area contributed by atoms with Gasteiger partial charge in [0.25, 0.3) is 0 Å². The van der Waals surface area contributed by atoms with Gasteiger partial charge >= 0.3 is 0 Å². The van der Waals surface area contributed by atoms with E-state index >= 15 is 0 Å². The molecule has 0 spiro atoms. The van der Waals surface area contributed by atoms with E-state index in [4.69, 9.17) is 4.74 Å². The zero-order valence-corrected chi connectivity index (χ0v) is 11.7. The molecule has 84 valence electrons. The number of halogens is 1. The Morgan fingerprint density at radius 2 is 1.73 bits per heavy atom. The summed E-state index contributed by atoms with van der Waals surface area (Å²) in [6, 6.07) is 4.35. The molecule has 2 heteroatoms. The van der Waals surface area contributed by atoms with Gasteiger partial charge in [0.2, 0.25) is 0 Å². The van der Waals surface area contributed by atoms with Crippen LogP contribution < -0.4 is 4.74 Å². The minimum absolute atomic E-state index is 0.101. The van der Waals surface area contributed by atoms with Crippen LogP contribution in [0.1, 0.15) is 30.5 Å². The van der Waals surface area contributed by atoms with E-state index in [-0.39, 0.29) is 5.41 Å². The van der Waals surface area contributed by atoms with Crippen molar-refractivity contribution in [3.63, 3.8) is 0 Å². The average Bonchev–Trinajstić information content (AvgIpc) is 2.21. The topological polar surface area (TPSA) is 9.23 Å². The normalized spacial score (nSPS) is 11.6. The van der Waals surface area contributed by atoms with Crippen LogP contribution in [0.2, 0.25) is 0 Å². The molecular weight excluding hydrogens is 252 g/mol. The minimum Gasteiger partial charge on any atom is -0.496 e. The van der Waals surface area contributed by atoms with Crippen molar-refractivity contribution in [3.05, 3.63) is 28.8 Å². The smallest absolute Gasteiger partial charge is 0.122 e. The summed E-state index contributed by atoms with van der Waals surface area (Å²) in [5.41, 5.74) is 3.97. The summed E-state index contributed by atoms with van der Waals surface area (Å²) in [6.07, 6.45) is 0. The van der Waals surface area contributed by atoms with Crippen LogP contribution in [0.15, 0.2) is 12.1 Å². The van der Waals surface area contributed by atoms with E-state index in [0.29, 0.717) is 0 Å². The largest absolute Gasteiger partial charge is 0.496 e. The quantitative estimate of drug-likeness (QED) is 0.755. The number of hydrogen-bond donors (Lipinski definition) is 0. The molecule has 0 aliphatic rings. The first-order valence-corrected chi connectivity index (χ1v) is 6.26. The SMILES string of the molecule is COc1cc(C)c(C)cc1C(C)(C)CBr. The predicted octanol–water partition coefficient (Wildman–Crippen LogP) is 3.98. The van der Waals surface area contributed by atoms with Crippen molar-refractivity contribution in [2.75, 3.05) is 12.4 Å². The summed E-state index contributed by atoms with van der Waals surface area (Å²) in [4.78, 5) is 0. The van der Waals surface area contributed by atoms with Crippen LogP contribution in [-0.2, 0) is 5.41 Å². The molecule has 1 aromatic carbocycles. The maximum Gasteiger partial charge on any atom is 0.122 e. The number of aryl methyl sites for hydroxylation is 2. The molecule has 0 N–H and O–H groups in total. The van der Waals surface area contributed by atoms with Gasteiger partial charge in [0, 0.05) is 16.3 Å². The van der Waals surface area contributed by atoms with Crippen molar-refractivity contribution in [1.29, 1.82) is 0 Å². The first-order chi connectivity index (χ1) is 6.92. The Balaban J connectivity index is 3.34. The highest BCUT2D eigenvalue weighted by Crippen LogP contribution is 2.34. The molecule has 0 aliphatic carbocycles. The van der Waals surface area contributed by atoms with Crippen molar-refractivity contribution < 1.29 is 4.74 Å². The Kier molecular flexibility index (Phi) is 3.82. The van der Waals surface area contributed by atoms with Gasteiger partial charge in [-0.05, 0) is 31.0 Å². The van der Waals surface area contributed by atoms with Gasteiger partial charge < -0.3 is 4.74 Å². The molecule has 15 heavy (non-hydrogen) atoms. The van der Waals surface area contributed by atoms with Gasteiger partial charge in [-0.1, -0.05) is 35.8 Å². The molecule has 1 aromatic rings. The van der Waals surface area contributed by atoms with Gasteiger partial charge in [-0.3, -0.25) is 0 Å². The highest BCUT2D eigenvalue weighted by molar-refractivity contribution is 9.09. The Labute approximate surface area is 101 Å². The summed E-state index contributed by atoms with van der Waals surface area (Å²) < 4.78 is 5.45. The summed E-state index contributed by atoms with van der Waals surface area (Å²) in [5.74, 6) is 0.988. The molecule has 0 heterocycles. The number of benzene rings is 1. The van der Waals surface area contributed by atoms with Crippen LogP contribution in [0, 0.1) is 13.8 Å². The fourth-order valence-corrected chi connectivity index (χ4v) is 1.86. The summed E-state index contributed by atoms with van der Waals surface area (Å²) in [6.45, 7) is 8.69. The van der Waals surface area contributed by atoms with Crippen molar-refractivity contribution in [2.24, 2.45) is 0 Å². The van der Waals surface area contributed by atoms with Gasteiger partial charge in [-0.2, -0.15) is 0 Å². The Morgan fingerprint density at radius 3 is 2.20 bits per heavy atom. The molecule has 0 bridgehead atoms. The van der Waals surface area contributed by atoms with E-state index in [0.717, 1.165) is 11.1 Å². The first-order valence-electron chi connectivity index (χ1n) is 5.14. The van der Waals surface area contributed by atoms with E-state index in [1.54, 1.807) is 7.11 Å². The van der Waals surface area contributed by atoms with E-state index in [9.17, 15) is 0 Å². The zero-order chi connectivity index (χ0) is 11.6. The summed E-state index contributed by atoms with van der Waals surface area (Å²) in [5, 5.41) is 0.929.